The molecule has 0 unspecified atom stereocenters. The van der Waals surface area contributed by atoms with Crippen LogP contribution >= 0.6 is 0 Å². The van der Waals surface area contributed by atoms with Crippen molar-refractivity contribution in [2.24, 2.45) is 5.73 Å². The summed E-state index contributed by atoms with van der Waals surface area (Å²) in [5, 5.41) is 10.6. The maximum Gasteiger partial charge on any atom is 0.254 e. The first kappa shape index (κ1) is 24.5. The molecule has 4 rings (SSSR count). The molecule has 3 aromatic rings. The Morgan fingerprint density at radius 1 is 1.19 bits per heavy atom. The molecule has 0 spiro atoms. The van der Waals surface area contributed by atoms with Crippen molar-refractivity contribution >= 4 is 35.0 Å². The number of amides is 2. The molecule has 1 aromatic carbocycles. The zero-order chi connectivity index (χ0) is 25.7. The Morgan fingerprint density at radius 2 is 1.94 bits per heavy atom. The van der Waals surface area contributed by atoms with E-state index in [1.807, 2.05) is 10.9 Å². The van der Waals surface area contributed by atoms with E-state index in [0.29, 0.717) is 36.0 Å². The quantitative estimate of drug-likeness (QED) is 0.383. The number of primary amides is 1. The smallest absolute Gasteiger partial charge is 0.254 e. The number of carbonyl (C=O) groups is 2. The van der Waals surface area contributed by atoms with E-state index in [2.05, 4.69) is 32.3 Å². The lowest BCUT2D eigenvalue weighted by atomic mass is 10.1. The molecular weight excluding hydrogens is 464 g/mol. The van der Waals surface area contributed by atoms with E-state index in [-0.39, 0.29) is 29.3 Å². The van der Waals surface area contributed by atoms with Crippen LogP contribution in [0.4, 0.5) is 23.1 Å². The summed E-state index contributed by atoms with van der Waals surface area (Å²) in [6.45, 7) is 4.84. The number of methoxy groups -OCH3 is 2. The van der Waals surface area contributed by atoms with Crippen molar-refractivity contribution in [3.8, 4) is 11.5 Å². The molecule has 0 bridgehead atoms. The van der Waals surface area contributed by atoms with Gasteiger partial charge in [-0.15, -0.1) is 0 Å². The molecule has 4 N–H and O–H groups in total. The van der Waals surface area contributed by atoms with Crippen LogP contribution in [-0.2, 0) is 4.79 Å². The summed E-state index contributed by atoms with van der Waals surface area (Å²) in [6, 6.07) is 5.32. The van der Waals surface area contributed by atoms with Crippen LogP contribution in [0.2, 0.25) is 0 Å². The van der Waals surface area contributed by atoms with E-state index >= 15 is 0 Å². The lowest BCUT2D eigenvalue weighted by Crippen LogP contribution is -2.39. The summed E-state index contributed by atoms with van der Waals surface area (Å²) in [4.78, 5) is 34.5. The fourth-order valence-electron chi connectivity index (χ4n) is 4.04. The molecule has 2 amide bonds. The summed E-state index contributed by atoms with van der Waals surface area (Å²) in [5.41, 5.74) is 6.78. The van der Waals surface area contributed by atoms with Gasteiger partial charge in [0.1, 0.15) is 28.6 Å². The molecule has 1 aliphatic rings. The minimum atomic E-state index is -0.693. The second kappa shape index (κ2) is 10.8. The molecule has 0 saturated carbocycles. The first-order valence-electron chi connectivity index (χ1n) is 11.3. The topological polar surface area (TPSA) is 150 Å². The van der Waals surface area contributed by atoms with Crippen LogP contribution in [0.15, 0.2) is 49.4 Å². The minimum Gasteiger partial charge on any atom is -0.494 e. The number of anilines is 4. The van der Waals surface area contributed by atoms with Gasteiger partial charge >= 0.3 is 0 Å². The summed E-state index contributed by atoms with van der Waals surface area (Å²) < 4.78 is 12.7. The van der Waals surface area contributed by atoms with Crippen LogP contribution in [0, 0.1) is 0 Å². The lowest BCUT2D eigenvalue weighted by Gasteiger charge is -2.32. The highest BCUT2D eigenvalue weighted by molar-refractivity contribution is 5.98. The van der Waals surface area contributed by atoms with Crippen LogP contribution in [0.3, 0.4) is 0 Å². The minimum absolute atomic E-state index is 0.0478. The van der Waals surface area contributed by atoms with Crippen molar-refractivity contribution in [3.05, 3.63) is 55.0 Å². The summed E-state index contributed by atoms with van der Waals surface area (Å²) in [6.07, 6.45) is 7.93. The third-order valence-electron chi connectivity index (χ3n) is 5.84. The fourth-order valence-corrected chi connectivity index (χ4v) is 4.04. The molecule has 36 heavy (non-hydrogen) atoms. The average molecular weight is 493 g/mol. The van der Waals surface area contributed by atoms with Crippen LogP contribution in [0.1, 0.15) is 29.2 Å². The molecule has 0 aliphatic carbocycles. The third-order valence-corrected chi connectivity index (χ3v) is 5.84. The molecule has 2 aromatic heterocycles. The highest BCUT2D eigenvalue weighted by Crippen LogP contribution is 2.37. The van der Waals surface area contributed by atoms with Crippen molar-refractivity contribution in [1.29, 1.82) is 0 Å². The van der Waals surface area contributed by atoms with E-state index in [9.17, 15) is 9.59 Å². The van der Waals surface area contributed by atoms with Crippen molar-refractivity contribution in [1.82, 2.24) is 24.6 Å². The Labute approximate surface area is 208 Å². The zero-order valence-corrected chi connectivity index (χ0v) is 20.1. The number of benzene rings is 1. The predicted octanol–water partition coefficient (Wildman–Crippen LogP) is 2.63. The van der Waals surface area contributed by atoms with Gasteiger partial charge < -0.3 is 30.7 Å². The van der Waals surface area contributed by atoms with Gasteiger partial charge in [-0.2, -0.15) is 10.1 Å². The van der Waals surface area contributed by atoms with Gasteiger partial charge in [-0.05, 0) is 31.1 Å². The SMILES string of the molecule is C=CC(=O)N1CCC[C@H](n2cc(Nc3ncc(C(N)=O)c(Nc4c(OC)cccc4OC)n3)cn2)C1. The monoisotopic (exact) mass is 492 g/mol. The third kappa shape index (κ3) is 5.22. The highest BCUT2D eigenvalue weighted by Gasteiger charge is 2.24. The molecule has 1 aliphatic heterocycles. The van der Waals surface area contributed by atoms with Crippen molar-refractivity contribution in [3.63, 3.8) is 0 Å². The molecule has 1 fully saturated rings. The molecule has 1 saturated heterocycles. The number of likely N-dealkylation sites (tertiary alicyclic amines) is 1. The van der Waals surface area contributed by atoms with E-state index in [1.54, 1.807) is 29.3 Å². The van der Waals surface area contributed by atoms with E-state index < -0.39 is 5.91 Å². The molecule has 188 valence electrons. The van der Waals surface area contributed by atoms with Crippen LogP contribution in [-0.4, -0.2) is 63.8 Å². The summed E-state index contributed by atoms with van der Waals surface area (Å²) >= 11 is 0. The first-order valence-corrected chi connectivity index (χ1v) is 11.3. The number of ether oxygens (including phenoxy) is 2. The Kier molecular flexibility index (Phi) is 7.33. The Hall–Kier alpha value is -4.61. The van der Waals surface area contributed by atoms with Gasteiger partial charge in [0.15, 0.2) is 0 Å². The standard InChI is InChI=1S/C24H28N8O4/c1-4-20(33)31-10-6-7-16(14-31)32-13-15(11-27-32)28-24-26-12-17(22(25)34)23(30-24)29-21-18(35-2)8-5-9-19(21)36-3/h4-5,8-9,11-13,16H,1,6-7,10,14H2,2-3H3,(H2,25,34)(H2,26,28,29,30)/t16-/m0/s1. The number of carbonyl (C=O) groups excluding carboxylic acids is 2. The molecule has 12 nitrogen and oxygen atoms in total. The highest BCUT2D eigenvalue weighted by atomic mass is 16.5. The number of para-hydroxylation sites is 1. The van der Waals surface area contributed by atoms with Crippen molar-refractivity contribution < 1.29 is 19.1 Å². The first-order chi connectivity index (χ1) is 17.4. The Balaban J connectivity index is 1.56. The summed E-state index contributed by atoms with van der Waals surface area (Å²) in [5.74, 6) is 0.622. The van der Waals surface area contributed by atoms with Gasteiger partial charge in [0, 0.05) is 25.5 Å². The second-order valence-corrected chi connectivity index (χ2v) is 8.10. The lowest BCUT2D eigenvalue weighted by molar-refractivity contribution is -0.127. The molecular formula is C24H28N8O4. The number of hydrogen-bond acceptors (Lipinski definition) is 9. The van der Waals surface area contributed by atoms with Gasteiger partial charge in [-0.1, -0.05) is 12.6 Å². The van der Waals surface area contributed by atoms with E-state index in [4.69, 9.17) is 15.2 Å². The number of nitrogens with two attached hydrogens (primary N) is 1. The number of piperidine rings is 1. The average Bonchev–Trinajstić information content (AvgIpc) is 3.36. The summed E-state index contributed by atoms with van der Waals surface area (Å²) in [7, 11) is 3.05. The van der Waals surface area contributed by atoms with Gasteiger partial charge in [-0.3, -0.25) is 14.3 Å². The normalized spacial score (nSPS) is 15.2. The van der Waals surface area contributed by atoms with Crippen LogP contribution in [0.5, 0.6) is 11.5 Å². The van der Waals surface area contributed by atoms with Gasteiger partial charge in [0.05, 0.1) is 32.1 Å². The van der Waals surface area contributed by atoms with E-state index in [0.717, 1.165) is 12.8 Å². The Bertz CT molecular complexity index is 1250. The largest absolute Gasteiger partial charge is 0.494 e. The van der Waals surface area contributed by atoms with Crippen molar-refractivity contribution in [2.75, 3.05) is 37.9 Å². The van der Waals surface area contributed by atoms with Crippen LogP contribution < -0.4 is 25.8 Å². The number of hydrogen-bond donors (Lipinski definition) is 3. The van der Waals surface area contributed by atoms with Crippen molar-refractivity contribution in [2.45, 2.75) is 18.9 Å². The molecule has 0 radical (unpaired) electrons. The molecule has 3 heterocycles. The predicted molar refractivity (Wildman–Crippen MR) is 134 cm³/mol. The number of rotatable bonds is 9. The molecule has 12 heteroatoms. The number of nitrogens with one attached hydrogen (secondary N) is 2. The maximum absolute atomic E-state index is 12.0. The number of aromatic nitrogens is 4. The van der Waals surface area contributed by atoms with Gasteiger partial charge in [0.2, 0.25) is 11.9 Å². The van der Waals surface area contributed by atoms with Gasteiger partial charge in [-0.25, -0.2) is 4.98 Å². The van der Waals surface area contributed by atoms with Gasteiger partial charge in [0.25, 0.3) is 5.91 Å². The van der Waals surface area contributed by atoms with Crippen LogP contribution in [0.25, 0.3) is 0 Å². The number of nitrogens with zero attached hydrogens (tertiary/aromatic N) is 5. The molecule has 1 atom stereocenters. The maximum atomic E-state index is 12.0. The zero-order valence-electron chi connectivity index (χ0n) is 20.1. The Morgan fingerprint density at radius 3 is 2.61 bits per heavy atom. The fraction of sp³-hybridized carbons (Fsp3) is 0.292. The second-order valence-electron chi connectivity index (χ2n) is 8.10. The van der Waals surface area contributed by atoms with E-state index in [1.165, 1.54) is 26.5 Å².